The van der Waals surface area contributed by atoms with Gasteiger partial charge in [0, 0.05) is 6.92 Å². The Labute approximate surface area is 155 Å². The zero-order chi connectivity index (χ0) is 21.0. The number of nitrogens with zero attached hydrogens (tertiary/aromatic N) is 1. The van der Waals surface area contributed by atoms with Crippen LogP contribution in [0.25, 0.3) is 0 Å². The first kappa shape index (κ1) is 35.6. The minimum Gasteiger partial charge on any atom is 2.00 e. The quantitative estimate of drug-likeness (QED) is 0.136. The summed E-state index contributed by atoms with van der Waals surface area (Å²) in [6.07, 6.45) is 0. The smallest absolute Gasteiger partial charge is 2.00 e. The van der Waals surface area contributed by atoms with Gasteiger partial charge in [-0.3, -0.25) is 0 Å². The molecule has 0 amide bonds. The van der Waals surface area contributed by atoms with Gasteiger partial charge in [0.15, 0.2) is 0 Å². The van der Waals surface area contributed by atoms with Crippen molar-refractivity contribution in [2.24, 2.45) is 0 Å². The van der Waals surface area contributed by atoms with E-state index in [1.165, 1.54) is 36.5 Å². The van der Waals surface area contributed by atoms with Crippen molar-refractivity contribution < 1.29 is 51.6 Å². The van der Waals surface area contributed by atoms with E-state index in [2.05, 4.69) is 47.9 Å². The zero-order valence-corrected chi connectivity index (χ0v) is 16.3. The summed E-state index contributed by atoms with van der Waals surface area (Å²) >= 11 is 0. The second kappa shape index (κ2) is 12.8. The number of halogens is 6. The molecule has 0 aromatic carbocycles. The van der Waals surface area contributed by atoms with Crippen LogP contribution in [0.15, 0.2) is 0 Å². The van der Waals surface area contributed by atoms with Crippen LogP contribution in [-0.4, -0.2) is 0 Å². The SMILES string of the molecule is CC#N.C[C]1[C](C)[C](C)[C](C)[C]1C.F[P-](F)(F)(F)(F)F.[C-]#[O+].[C-]#[O+].[Fe+2]. The Morgan fingerprint density at radius 2 is 0.720 bits per heavy atom. The third kappa shape index (κ3) is 28.6. The minimum atomic E-state index is -10.7. The molecule has 3 nitrogen and oxygen atoms in total. The monoisotopic (exact) mass is 433 g/mol. The van der Waals surface area contributed by atoms with Crippen molar-refractivity contribution in [2.75, 3.05) is 0 Å². The number of hydrogen-bond donors (Lipinski definition) is 0. The van der Waals surface area contributed by atoms with E-state index in [1.807, 2.05) is 0 Å². The van der Waals surface area contributed by atoms with Gasteiger partial charge in [0.05, 0.1) is 6.07 Å². The number of hydrogen-bond acceptors (Lipinski definition) is 1. The van der Waals surface area contributed by atoms with E-state index in [4.69, 9.17) is 14.6 Å². The van der Waals surface area contributed by atoms with Gasteiger partial charge < -0.3 is 0 Å². The average molecular weight is 433 g/mol. The van der Waals surface area contributed by atoms with E-state index < -0.39 is 7.81 Å². The molecule has 1 aliphatic carbocycles. The van der Waals surface area contributed by atoms with Crippen molar-refractivity contribution in [3.8, 4) is 6.07 Å². The molecule has 1 fully saturated rings. The fraction of sp³-hybridized carbons (Fsp3) is 0.429. The second-order valence-electron chi connectivity index (χ2n) is 4.31. The van der Waals surface area contributed by atoms with Crippen LogP contribution in [0.4, 0.5) is 25.2 Å². The van der Waals surface area contributed by atoms with E-state index in [-0.39, 0.29) is 17.1 Å². The summed E-state index contributed by atoms with van der Waals surface area (Å²) in [5, 5.41) is 7.32. The summed E-state index contributed by atoms with van der Waals surface area (Å²) in [6, 6.07) is 1.75. The predicted octanol–water partition coefficient (Wildman–Crippen LogP) is 6.81. The van der Waals surface area contributed by atoms with Crippen LogP contribution in [0, 0.1) is 54.2 Å². The van der Waals surface area contributed by atoms with Crippen molar-refractivity contribution in [3.05, 3.63) is 42.9 Å². The molecule has 0 N–H and O–H groups in total. The molecule has 1 rings (SSSR count). The first-order chi connectivity index (χ1) is 10.4. The topological polar surface area (TPSA) is 63.6 Å². The predicted molar refractivity (Wildman–Crippen MR) is 77.3 cm³/mol. The van der Waals surface area contributed by atoms with Crippen LogP contribution in [0.3, 0.4) is 0 Å². The summed E-state index contributed by atoms with van der Waals surface area (Å²) < 4.78 is 74.2. The molecule has 25 heavy (non-hydrogen) atoms. The van der Waals surface area contributed by atoms with Crippen LogP contribution in [0.2, 0.25) is 0 Å². The summed E-state index contributed by atoms with van der Waals surface area (Å²) in [5.41, 5.74) is 0. The van der Waals surface area contributed by atoms with E-state index in [0.717, 1.165) is 0 Å². The number of nitriles is 1. The maximum atomic E-state index is 9.87. The first-order valence-electron chi connectivity index (χ1n) is 5.90. The Kier molecular flexibility index (Phi) is 18.2. The Morgan fingerprint density at radius 3 is 0.760 bits per heavy atom. The van der Waals surface area contributed by atoms with Gasteiger partial charge >= 0.3 is 72.7 Å². The van der Waals surface area contributed by atoms with Crippen LogP contribution < -0.4 is 0 Å². The summed E-state index contributed by atoms with van der Waals surface area (Å²) in [5.74, 6) is 7.34. The van der Waals surface area contributed by atoms with Crippen molar-refractivity contribution in [1.82, 2.24) is 0 Å². The second-order valence-corrected chi connectivity index (χ2v) is 6.22. The van der Waals surface area contributed by atoms with Crippen LogP contribution >= 0.6 is 7.81 Å². The molecule has 0 heterocycles. The molecule has 0 aromatic heterocycles. The number of rotatable bonds is 0. The molecule has 11 heteroatoms. The molecule has 0 aliphatic heterocycles. The van der Waals surface area contributed by atoms with Gasteiger partial charge in [-0.1, -0.05) is 34.6 Å². The molecule has 0 atom stereocenters. The van der Waals surface area contributed by atoms with Crippen molar-refractivity contribution >= 4 is 7.81 Å². The Balaban J connectivity index is -0.0000000785. The van der Waals surface area contributed by atoms with Gasteiger partial charge in [-0.15, -0.1) is 0 Å². The fourth-order valence-electron chi connectivity index (χ4n) is 1.41. The Hall–Kier alpha value is -0.501. The zero-order valence-electron chi connectivity index (χ0n) is 14.3. The summed E-state index contributed by atoms with van der Waals surface area (Å²) in [6.45, 7) is 21.4. The molecule has 0 saturated heterocycles. The fourth-order valence-corrected chi connectivity index (χ4v) is 1.41. The average Bonchev–Trinajstić information content (AvgIpc) is 2.59. The maximum absolute atomic E-state index is 10.7. The molecule has 0 unspecified atom stereocenters. The van der Waals surface area contributed by atoms with Crippen molar-refractivity contribution in [2.45, 2.75) is 41.5 Å². The van der Waals surface area contributed by atoms with Gasteiger partial charge in [-0.25, -0.2) is 0 Å². The van der Waals surface area contributed by atoms with E-state index in [1.54, 1.807) is 6.07 Å². The molecule has 5 radical (unpaired) electrons. The summed E-state index contributed by atoms with van der Waals surface area (Å²) in [4.78, 5) is 0. The third-order valence-corrected chi connectivity index (χ3v) is 2.81. The van der Waals surface area contributed by atoms with Gasteiger partial charge in [-0.05, 0) is 29.6 Å². The molecule has 1 aliphatic rings. The van der Waals surface area contributed by atoms with Crippen LogP contribution in [0.1, 0.15) is 41.5 Å². The van der Waals surface area contributed by atoms with Gasteiger partial charge in [-0.2, -0.15) is 5.26 Å². The largest absolute Gasteiger partial charge is 2.00 e. The van der Waals surface area contributed by atoms with Crippen LogP contribution in [-0.2, 0) is 26.4 Å². The van der Waals surface area contributed by atoms with Gasteiger partial charge in [0.2, 0.25) is 0 Å². The van der Waals surface area contributed by atoms with Gasteiger partial charge in [0.25, 0.3) is 0 Å². The third-order valence-electron chi connectivity index (χ3n) is 2.81. The first-order valence-corrected chi connectivity index (χ1v) is 7.92. The standard InChI is InChI=1S/C10H15.C2H3N.2CO.F6P.Fe/c1-6-7(2)9(4)10(5)8(6)3;1-2-3;2*1-2;1-7(2,3,4,5)6;/h1-5H3;1H3;;;;/q;;;;-1;+2. The van der Waals surface area contributed by atoms with E-state index in [0.29, 0.717) is 0 Å². The molecular weight excluding hydrogens is 415 g/mol. The van der Waals surface area contributed by atoms with Gasteiger partial charge in [0.1, 0.15) is 0 Å². The molecule has 0 spiro atoms. The van der Waals surface area contributed by atoms with Crippen LogP contribution in [0.5, 0.6) is 0 Å². The molecule has 0 bridgehead atoms. The molecule has 1 saturated carbocycles. The van der Waals surface area contributed by atoms with Crippen molar-refractivity contribution in [3.63, 3.8) is 0 Å². The molecule has 0 aromatic rings. The van der Waals surface area contributed by atoms with E-state index in [9.17, 15) is 25.2 Å². The Morgan fingerprint density at radius 1 is 0.680 bits per heavy atom. The van der Waals surface area contributed by atoms with E-state index >= 15 is 0 Å². The Bertz CT molecular complexity index is 370. The minimum absolute atomic E-state index is 0. The normalized spacial score (nSPS) is 18.4. The molecular formula is C14H18F6FeNO2P+. The summed E-state index contributed by atoms with van der Waals surface area (Å²) in [7, 11) is -10.7. The maximum Gasteiger partial charge on any atom is 2.00 e. The van der Waals surface area contributed by atoms with Crippen molar-refractivity contribution in [1.29, 1.82) is 5.26 Å². The molecule has 145 valence electrons.